The average Bonchev–Trinajstić information content (AvgIpc) is 3.15. The fourth-order valence-electron chi connectivity index (χ4n) is 2.28. The summed E-state index contributed by atoms with van der Waals surface area (Å²) in [5, 5.41) is 5.05. The Morgan fingerprint density at radius 3 is 2.81 bits per heavy atom. The van der Waals surface area contributed by atoms with Gasteiger partial charge in [0.25, 0.3) is 5.91 Å². The van der Waals surface area contributed by atoms with Crippen LogP contribution in [-0.2, 0) is 0 Å². The lowest BCUT2D eigenvalue weighted by molar-refractivity contribution is 0.102. The number of methoxy groups -OCH3 is 2. The molecule has 0 aliphatic carbocycles. The molecule has 1 aromatic carbocycles. The molecule has 7 heteroatoms. The summed E-state index contributed by atoms with van der Waals surface area (Å²) in [6, 6.07) is 7.05. The maximum Gasteiger partial charge on any atom is 0.259 e. The SMILES string of the molecule is C#Cc1cncc(C(=O)Nc2nc(-c3cc(OC)ccc3OC)cs2)c1. The van der Waals surface area contributed by atoms with Crippen LogP contribution in [-0.4, -0.2) is 30.1 Å². The van der Waals surface area contributed by atoms with Gasteiger partial charge in [0, 0.05) is 28.9 Å². The van der Waals surface area contributed by atoms with Gasteiger partial charge in [-0.15, -0.1) is 17.8 Å². The van der Waals surface area contributed by atoms with E-state index in [4.69, 9.17) is 15.9 Å². The van der Waals surface area contributed by atoms with Gasteiger partial charge in [-0.3, -0.25) is 15.1 Å². The first-order valence-corrected chi connectivity index (χ1v) is 8.43. The highest BCUT2D eigenvalue weighted by molar-refractivity contribution is 7.14. The molecule has 0 saturated heterocycles. The molecule has 2 aromatic heterocycles. The van der Waals surface area contributed by atoms with Crippen LogP contribution in [0.2, 0.25) is 0 Å². The van der Waals surface area contributed by atoms with E-state index in [0.29, 0.717) is 33.5 Å². The zero-order chi connectivity index (χ0) is 18.5. The normalized spacial score (nSPS) is 10.0. The highest BCUT2D eigenvalue weighted by Gasteiger charge is 2.14. The van der Waals surface area contributed by atoms with Gasteiger partial charge in [0.15, 0.2) is 5.13 Å². The van der Waals surface area contributed by atoms with E-state index in [1.165, 1.54) is 23.7 Å². The minimum Gasteiger partial charge on any atom is -0.497 e. The predicted molar refractivity (Wildman–Crippen MR) is 101 cm³/mol. The number of amides is 1. The number of carbonyl (C=O) groups is 1. The molecular formula is C19H15N3O3S. The molecule has 3 aromatic rings. The van der Waals surface area contributed by atoms with Crippen molar-refractivity contribution in [3.63, 3.8) is 0 Å². The number of aromatic nitrogens is 2. The fraction of sp³-hybridized carbons (Fsp3) is 0.105. The summed E-state index contributed by atoms with van der Waals surface area (Å²) >= 11 is 1.31. The lowest BCUT2D eigenvalue weighted by atomic mass is 10.1. The summed E-state index contributed by atoms with van der Waals surface area (Å²) in [5.41, 5.74) is 2.37. The molecule has 0 spiro atoms. The minimum atomic E-state index is -0.326. The molecule has 0 bridgehead atoms. The summed E-state index contributed by atoms with van der Waals surface area (Å²) in [5.74, 6) is 3.49. The van der Waals surface area contributed by atoms with E-state index in [-0.39, 0.29) is 5.91 Å². The first-order valence-electron chi connectivity index (χ1n) is 7.55. The summed E-state index contributed by atoms with van der Waals surface area (Å²) in [7, 11) is 3.18. The van der Waals surface area contributed by atoms with Gasteiger partial charge in [-0.1, -0.05) is 5.92 Å². The van der Waals surface area contributed by atoms with Crippen molar-refractivity contribution < 1.29 is 14.3 Å². The smallest absolute Gasteiger partial charge is 0.259 e. The molecule has 1 N–H and O–H groups in total. The van der Waals surface area contributed by atoms with Crippen LogP contribution < -0.4 is 14.8 Å². The van der Waals surface area contributed by atoms with Gasteiger partial charge in [-0.25, -0.2) is 4.98 Å². The summed E-state index contributed by atoms with van der Waals surface area (Å²) in [6.45, 7) is 0. The van der Waals surface area contributed by atoms with Gasteiger partial charge < -0.3 is 9.47 Å². The number of rotatable bonds is 5. The molecule has 3 rings (SSSR count). The Morgan fingerprint density at radius 2 is 2.08 bits per heavy atom. The molecule has 0 fully saturated rings. The molecule has 6 nitrogen and oxygen atoms in total. The van der Waals surface area contributed by atoms with Crippen LogP contribution in [0, 0.1) is 12.3 Å². The maximum absolute atomic E-state index is 12.4. The first kappa shape index (κ1) is 17.5. The largest absolute Gasteiger partial charge is 0.497 e. The van der Waals surface area contributed by atoms with Crippen LogP contribution in [0.1, 0.15) is 15.9 Å². The lowest BCUT2D eigenvalue weighted by Crippen LogP contribution is -2.12. The Labute approximate surface area is 154 Å². The van der Waals surface area contributed by atoms with Gasteiger partial charge in [0.05, 0.1) is 25.5 Å². The van der Waals surface area contributed by atoms with Crippen LogP contribution >= 0.6 is 11.3 Å². The number of ether oxygens (including phenoxy) is 2. The summed E-state index contributed by atoms with van der Waals surface area (Å²) in [6.07, 6.45) is 8.31. The topological polar surface area (TPSA) is 73.3 Å². The van der Waals surface area contributed by atoms with E-state index in [0.717, 1.165) is 5.56 Å². The molecule has 0 saturated carbocycles. The third-order valence-electron chi connectivity index (χ3n) is 3.57. The number of carbonyl (C=O) groups excluding carboxylic acids is 1. The molecule has 26 heavy (non-hydrogen) atoms. The predicted octanol–water partition coefficient (Wildman–Crippen LogP) is 3.46. The van der Waals surface area contributed by atoms with Crippen molar-refractivity contribution in [2.24, 2.45) is 0 Å². The van der Waals surface area contributed by atoms with Crippen LogP contribution in [0.4, 0.5) is 5.13 Å². The second-order valence-electron chi connectivity index (χ2n) is 5.16. The molecule has 0 aliphatic rings. The maximum atomic E-state index is 12.4. The van der Waals surface area contributed by atoms with E-state index in [1.807, 2.05) is 23.6 Å². The standard InChI is InChI=1S/C19H15N3O3S/c1-4-12-7-13(10-20-9-12)18(23)22-19-21-16(11-26-19)15-8-14(24-2)5-6-17(15)25-3/h1,5-11H,2-3H3,(H,21,22,23). The number of benzene rings is 1. The van der Waals surface area contributed by atoms with E-state index < -0.39 is 0 Å². The number of pyridine rings is 1. The van der Waals surface area contributed by atoms with Crippen LogP contribution in [0.25, 0.3) is 11.3 Å². The number of nitrogens with zero attached hydrogens (tertiary/aromatic N) is 2. The van der Waals surface area contributed by atoms with Crippen LogP contribution in [0.15, 0.2) is 42.0 Å². The van der Waals surface area contributed by atoms with Crippen molar-refractivity contribution in [3.8, 4) is 35.1 Å². The molecule has 2 heterocycles. The number of thiazole rings is 1. The third kappa shape index (κ3) is 3.66. The number of terminal acetylenes is 1. The van der Waals surface area contributed by atoms with Crippen molar-refractivity contribution in [3.05, 3.63) is 53.2 Å². The van der Waals surface area contributed by atoms with Crippen molar-refractivity contribution in [1.29, 1.82) is 0 Å². The molecule has 0 unspecified atom stereocenters. The molecule has 0 atom stereocenters. The van der Waals surface area contributed by atoms with E-state index in [9.17, 15) is 4.79 Å². The van der Waals surface area contributed by atoms with Gasteiger partial charge in [-0.2, -0.15) is 0 Å². The highest BCUT2D eigenvalue weighted by atomic mass is 32.1. The third-order valence-corrected chi connectivity index (χ3v) is 4.33. The van der Waals surface area contributed by atoms with Crippen molar-refractivity contribution in [2.75, 3.05) is 19.5 Å². The minimum absolute atomic E-state index is 0.326. The van der Waals surface area contributed by atoms with Crippen molar-refractivity contribution in [2.45, 2.75) is 0 Å². The van der Waals surface area contributed by atoms with E-state index in [2.05, 4.69) is 21.2 Å². The number of hydrogen-bond acceptors (Lipinski definition) is 6. The Kier molecular flexibility index (Phi) is 5.15. The summed E-state index contributed by atoms with van der Waals surface area (Å²) in [4.78, 5) is 20.8. The Morgan fingerprint density at radius 1 is 1.23 bits per heavy atom. The quantitative estimate of drug-likeness (QED) is 0.701. The molecule has 1 amide bonds. The fourth-order valence-corrected chi connectivity index (χ4v) is 2.99. The number of hydrogen-bond donors (Lipinski definition) is 1. The first-order chi connectivity index (χ1) is 12.6. The van der Waals surface area contributed by atoms with Crippen LogP contribution in [0.5, 0.6) is 11.5 Å². The molecular weight excluding hydrogens is 350 g/mol. The monoisotopic (exact) mass is 365 g/mol. The van der Waals surface area contributed by atoms with E-state index >= 15 is 0 Å². The van der Waals surface area contributed by atoms with Gasteiger partial charge in [0.2, 0.25) is 0 Å². The molecule has 0 aliphatic heterocycles. The Hall–Kier alpha value is -3.37. The second-order valence-corrected chi connectivity index (χ2v) is 6.02. The molecule has 130 valence electrons. The van der Waals surface area contributed by atoms with Gasteiger partial charge >= 0.3 is 0 Å². The average molecular weight is 365 g/mol. The lowest BCUT2D eigenvalue weighted by Gasteiger charge is -2.08. The van der Waals surface area contributed by atoms with Gasteiger partial charge in [0.1, 0.15) is 11.5 Å². The highest BCUT2D eigenvalue weighted by Crippen LogP contribution is 2.35. The second kappa shape index (κ2) is 7.68. The Balaban J connectivity index is 1.84. The van der Waals surface area contributed by atoms with Crippen molar-refractivity contribution in [1.82, 2.24) is 9.97 Å². The summed E-state index contributed by atoms with van der Waals surface area (Å²) < 4.78 is 10.6. The zero-order valence-electron chi connectivity index (χ0n) is 14.1. The number of anilines is 1. The van der Waals surface area contributed by atoms with Gasteiger partial charge in [-0.05, 0) is 24.3 Å². The van der Waals surface area contributed by atoms with E-state index in [1.54, 1.807) is 20.3 Å². The van der Waals surface area contributed by atoms with Crippen LogP contribution in [0.3, 0.4) is 0 Å². The Bertz CT molecular complexity index is 992. The zero-order valence-corrected chi connectivity index (χ0v) is 15.0. The van der Waals surface area contributed by atoms with Crippen molar-refractivity contribution >= 4 is 22.4 Å². The molecule has 0 radical (unpaired) electrons. The number of nitrogens with one attached hydrogen (secondary N) is 1.